The molecule has 2 amide bonds. The fourth-order valence-corrected chi connectivity index (χ4v) is 3.65. The molecule has 0 radical (unpaired) electrons. The second-order valence-electron chi connectivity index (χ2n) is 7.22. The van der Waals surface area contributed by atoms with Crippen LogP contribution in [0.1, 0.15) is 44.2 Å². The number of benzene rings is 1. The molecule has 1 aromatic carbocycles. The third kappa shape index (κ3) is 3.12. The molecular formula is C19H26N2O2. The van der Waals surface area contributed by atoms with Crippen LogP contribution in [0.4, 0.5) is 0 Å². The molecule has 0 saturated carbocycles. The molecule has 0 aromatic heterocycles. The summed E-state index contributed by atoms with van der Waals surface area (Å²) in [6.07, 6.45) is 4.15. The Kier molecular flexibility index (Phi) is 4.42. The van der Waals surface area contributed by atoms with Crippen molar-refractivity contribution in [2.24, 2.45) is 5.41 Å². The summed E-state index contributed by atoms with van der Waals surface area (Å²) in [7, 11) is 0. The Morgan fingerprint density at radius 1 is 0.870 bits per heavy atom. The number of rotatable bonds is 2. The van der Waals surface area contributed by atoms with Crippen LogP contribution >= 0.6 is 0 Å². The molecule has 3 rings (SSSR count). The Morgan fingerprint density at radius 3 is 2.17 bits per heavy atom. The highest BCUT2D eigenvalue weighted by molar-refractivity contribution is 6.04. The molecule has 4 heteroatoms. The van der Waals surface area contributed by atoms with Crippen LogP contribution in [0, 0.1) is 5.41 Å². The predicted molar refractivity (Wildman–Crippen MR) is 89.8 cm³/mol. The topological polar surface area (TPSA) is 40.6 Å². The summed E-state index contributed by atoms with van der Waals surface area (Å²) in [6.45, 7) is 6.47. The van der Waals surface area contributed by atoms with Gasteiger partial charge in [0.1, 0.15) is 5.41 Å². The first-order valence-electron chi connectivity index (χ1n) is 8.65. The number of fused-ring (bicyclic) bond motifs is 1. The maximum Gasteiger partial charge on any atom is 0.238 e. The van der Waals surface area contributed by atoms with Crippen LogP contribution in [0.25, 0.3) is 0 Å². The highest BCUT2D eigenvalue weighted by Crippen LogP contribution is 2.28. The molecule has 2 aliphatic heterocycles. The minimum atomic E-state index is -0.969. The summed E-state index contributed by atoms with van der Waals surface area (Å²) in [5.74, 6) is -0.0522. The second-order valence-corrected chi connectivity index (χ2v) is 7.22. The standard InChI is InChI=1S/C19H26N2O2/c1-19(2,17(22)20-11-6-3-7-12-20)18(23)21-13-10-15-8-4-5-9-16(15)14-21/h4-5,8-9H,3,6-7,10-14H2,1-2H3. The van der Waals surface area contributed by atoms with Crippen molar-refractivity contribution in [3.8, 4) is 0 Å². The van der Waals surface area contributed by atoms with E-state index in [9.17, 15) is 9.59 Å². The Labute approximate surface area is 138 Å². The third-order valence-corrected chi connectivity index (χ3v) is 5.13. The largest absolute Gasteiger partial charge is 0.342 e. The van der Waals surface area contributed by atoms with E-state index in [-0.39, 0.29) is 11.8 Å². The number of amides is 2. The zero-order chi connectivity index (χ0) is 16.4. The average molecular weight is 314 g/mol. The van der Waals surface area contributed by atoms with Crippen molar-refractivity contribution >= 4 is 11.8 Å². The first kappa shape index (κ1) is 16.0. The molecule has 124 valence electrons. The third-order valence-electron chi connectivity index (χ3n) is 5.13. The van der Waals surface area contributed by atoms with E-state index >= 15 is 0 Å². The van der Waals surface area contributed by atoms with Gasteiger partial charge in [0, 0.05) is 26.2 Å². The van der Waals surface area contributed by atoms with E-state index in [4.69, 9.17) is 0 Å². The number of carbonyl (C=O) groups is 2. The lowest BCUT2D eigenvalue weighted by Crippen LogP contribution is -2.52. The lowest BCUT2D eigenvalue weighted by Gasteiger charge is -2.38. The number of hydrogen-bond donors (Lipinski definition) is 0. The smallest absolute Gasteiger partial charge is 0.238 e. The first-order valence-corrected chi connectivity index (χ1v) is 8.65. The first-order chi connectivity index (χ1) is 11.0. The van der Waals surface area contributed by atoms with Gasteiger partial charge >= 0.3 is 0 Å². The quantitative estimate of drug-likeness (QED) is 0.787. The van der Waals surface area contributed by atoms with Gasteiger partial charge in [-0.15, -0.1) is 0 Å². The molecule has 0 aliphatic carbocycles. The summed E-state index contributed by atoms with van der Waals surface area (Å²) in [6, 6.07) is 8.26. The molecule has 0 atom stereocenters. The van der Waals surface area contributed by atoms with E-state index in [1.165, 1.54) is 17.5 Å². The van der Waals surface area contributed by atoms with Crippen molar-refractivity contribution in [2.75, 3.05) is 19.6 Å². The number of carbonyl (C=O) groups excluding carboxylic acids is 2. The Morgan fingerprint density at radius 2 is 1.48 bits per heavy atom. The van der Waals surface area contributed by atoms with Crippen molar-refractivity contribution in [3.63, 3.8) is 0 Å². The molecule has 0 N–H and O–H groups in total. The Hall–Kier alpha value is -1.84. The van der Waals surface area contributed by atoms with Crippen molar-refractivity contribution in [1.82, 2.24) is 9.80 Å². The van der Waals surface area contributed by atoms with Crippen LogP contribution in [0.3, 0.4) is 0 Å². The van der Waals surface area contributed by atoms with E-state index in [1.807, 2.05) is 21.9 Å². The highest BCUT2D eigenvalue weighted by Gasteiger charge is 2.42. The van der Waals surface area contributed by atoms with E-state index in [0.717, 1.165) is 32.4 Å². The number of nitrogens with zero attached hydrogens (tertiary/aromatic N) is 2. The van der Waals surface area contributed by atoms with Crippen LogP contribution in [0.15, 0.2) is 24.3 Å². The number of piperidine rings is 1. The van der Waals surface area contributed by atoms with Crippen molar-refractivity contribution in [3.05, 3.63) is 35.4 Å². The number of hydrogen-bond acceptors (Lipinski definition) is 2. The maximum absolute atomic E-state index is 13.0. The fourth-order valence-electron chi connectivity index (χ4n) is 3.65. The SMILES string of the molecule is CC(C)(C(=O)N1CCCCC1)C(=O)N1CCc2ccccc2C1. The highest BCUT2D eigenvalue weighted by atomic mass is 16.2. The summed E-state index contributed by atoms with van der Waals surface area (Å²) in [5, 5.41) is 0. The minimum Gasteiger partial charge on any atom is -0.342 e. The maximum atomic E-state index is 13.0. The molecular weight excluding hydrogens is 288 g/mol. The van der Waals surface area contributed by atoms with Crippen LogP contribution in [-0.4, -0.2) is 41.2 Å². The molecule has 1 fully saturated rings. The van der Waals surface area contributed by atoms with Crippen molar-refractivity contribution in [1.29, 1.82) is 0 Å². The molecule has 0 bridgehead atoms. The van der Waals surface area contributed by atoms with Gasteiger partial charge in [0.25, 0.3) is 0 Å². The zero-order valence-electron chi connectivity index (χ0n) is 14.2. The molecule has 2 aliphatic rings. The molecule has 23 heavy (non-hydrogen) atoms. The van der Waals surface area contributed by atoms with Gasteiger partial charge in [-0.25, -0.2) is 0 Å². The van der Waals surface area contributed by atoms with Crippen LogP contribution in [-0.2, 0) is 22.6 Å². The summed E-state index contributed by atoms with van der Waals surface area (Å²) < 4.78 is 0. The molecule has 1 saturated heterocycles. The van der Waals surface area contributed by atoms with E-state index in [0.29, 0.717) is 13.1 Å². The van der Waals surface area contributed by atoms with E-state index < -0.39 is 5.41 Å². The fraction of sp³-hybridized carbons (Fsp3) is 0.579. The Bertz CT molecular complexity index is 603. The minimum absolute atomic E-state index is 0.0129. The lowest BCUT2D eigenvalue weighted by molar-refractivity contribution is -0.155. The van der Waals surface area contributed by atoms with E-state index in [2.05, 4.69) is 12.1 Å². The molecule has 2 heterocycles. The second kappa shape index (κ2) is 6.34. The van der Waals surface area contributed by atoms with Gasteiger partial charge in [-0.05, 0) is 50.7 Å². The number of likely N-dealkylation sites (tertiary alicyclic amines) is 1. The summed E-state index contributed by atoms with van der Waals surface area (Å²) in [5.41, 5.74) is 1.55. The summed E-state index contributed by atoms with van der Waals surface area (Å²) in [4.78, 5) is 29.5. The Balaban J connectivity index is 1.72. The normalized spacial score (nSPS) is 18.5. The lowest BCUT2D eigenvalue weighted by atomic mass is 9.87. The van der Waals surface area contributed by atoms with Gasteiger partial charge in [0.15, 0.2) is 0 Å². The molecule has 1 aromatic rings. The van der Waals surface area contributed by atoms with Gasteiger partial charge in [-0.2, -0.15) is 0 Å². The monoisotopic (exact) mass is 314 g/mol. The van der Waals surface area contributed by atoms with Gasteiger partial charge in [-0.3, -0.25) is 9.59 Å². The van der Waals surface area contributed by atoms with Crippen LogP contribution in [0.2, 0.25) is 0 Å². The van der Waals surface area contributed by atoms with Crippen molar-refractivity contribution < 1.29 is 9.59 Å². The van der Waals surface area contributed by atoms with Crippen molar-refractivity contribution in [2.45, 2.75) is 46.1 Å². The summed E-state index contributed by atoms with van der Waals surface area (Å²) >= 11 is 0. The van der Waals surface area contributed by atoms with Gasteiger partial charge in [-0.1, -0.05) is 24.3 Å². The van der Waals surface area contributed by atoms with Gasteiger partial charge in [0.05, 0.1) is 0 Å². The van der Waals surface area contributed by atoms with Gasteiger partial charge < -0.3 is 9.80 Å². The molecule has 0 unspecified atom stereocenters. The average Bonchev–Trinajstić information content (AvgIpc) is 2.60. The van der Waals surface area contributed by atoms with Crippen LogP contribution < -0.4 is 0 Å². The van der Waals surface area contributed by atoms with E-state index in [1.54, 1.807) is 13.8 Å². The molecule has 4 nitrogen and oxygen atoms in total. The molecule has 0 spiro atoms. The van der Waals surface area contributed by atoms with Crippen LogP contribution in [0.5, 0.6) is 0 Å². The zero-order valence-corrected chi connectivity index (χ0v) is 14.2. The predicted octanol–water partition coefficient (Wildman–Crippen LogP) is 2.61. The van der Waals surface area contributed by atoms with Gasteiger partial charge in [0.2, 0.25) is 11.8 Å².